The number of hydrogen-bond acceptors (Lipinski definition) is 4. The highest BCUT2D eigenvalue weighted by atomic mass is 16.5. The monoisotopic (exact) mass is 360 g/mol. The molecule has 0 saturated carbocycles. The van der Waals surface area contributed by atoms with Crippen molar-refractivity contribution in [2.24, 2.45) is 0 Å². The first-order chi connectivity index (χ1) is 12.6. The van der Waals surface area contributed by atoms with E-state index in [4.69, 9.17) is 14.6 Å². The van der Waals surface area contributed by atoms with Crippen LogP contribution < -0.4 is 9.47 Å². The molecule has 0 bridgehead atoms. The lowest BCUT2D eigenvalue weighted by atomic mass is 10.1. The molecule has 0 unspecified atom stereocenters. The molecule has 2 rings (SSSR count). The summed E-state index contributed by atoms with van der Waals surface area (Å²) >= 11 is 0. The SMILES string of the molecule is CCOC.COc1cccc(CCOc2ccc(CCC(=O)O)cc2)c1. The molecule has 0 heterocycles. The Morgan fingerprint density at radius 1 is 0.962 bits per heavy atom. The average Bonchev–Trinajstić information content (AvgIpc) is 2.67. The van der Waals surface area contributed by atoms with Gasteiger partial charge < -0.3 is 19.3 Å². The Morgan fingerprint density at radius 2 is 1.65 bits per heavy atom. The Hall–Kier alpha value is -2.53. The van der Waals surface area contributed by atoms with Gasteiger partial charge in [0.05, 0.1) is 13.7 Å². The number of carbonyl (C=O) groups is 1. The van der Waals surface area contributed by atoms with Crippen molar-refractivity contribution in [1.82, 2.24) is 0 Å². The van der Waals surface area contributed by atoms with Crippen LogP contribution in [0.1, 0.15) is 24.5 Å². The number of rotatable bonds is 9. The summed E-state index contributed by atoms with van der Waals surface area (Å²) in [6.45, 7) is 3.36. The van der Waals surface area contributed by atoms with Gasteiger partial charge in [0.1, 0.15) is 11.5 Å². The van der Waals surface area contributed by atoms with Crippen LogP contribution >= 0.6 is 0 Å². The van der Waals surface area contributed by atoms with Crippen LogP contribution in [0, 0.1) is 0 Å². The number of methoxy groups -OCH3 is 2. The average molecular weight is 360 g/mol. The second-order valence-corrected chi connectivity index (χ2v) is 5.57. The molecule has 0 saturated heterocycles. The second-order valence-electron chi connectivity index (χ2n) is 5.57. The molecule has 2 aromatic rings. The Bertz CT molecular complexity index is 635. The number of benzene rings is 2. The highest BCUT2D eigenvalue weighted by Crippen LogP contribution is 2.16. The highest BCUT2D eigenvalue weighted by Gasteiger charge is 2.01. The van der Waals surface area contributed by atoms with Crippen LogP contribution in [-0.2, 0) is 22.4 Å². The van der Waals surface area contributed by atoms with Crippen LogP contribution in [0.25, 0.3) is 0 Å². The van der Waals surface area contributed by atoms with Crippen molar-refractivity contribution in [2.45, 2.75) is 26.2 Å². The summed E-state index contributed by atoms with van der Waals surface area (Å²) in [6, 6.07) is 15.5. The minimum atomic E-state index is -0.779. The van der Waals surface area contributed by atoms with E-state index in [1.54, 1.807) is 14.2 Å². The quantitative estimate of drug-likeness (QED) is 0.732. The maximum absolute atomic E-state index is 10.5. The molecule has 26 heavy (non-hydrogen) atoms. The first-order valence-electron chi connectivity index (χ1n) is 8.64. The van der Waals surface area contributed by atoms with Gasteiger partial charge >= 0.3 is 5.97 Å². The first kappa shape index (κ1) is 21.5. The fourth-order valence-electron chi connectivity index (χ4n) is 2.12. The van der Waals surface area contributed by atoms with E-state index < -0.39 is 5.97 Å². The smallest absolute Gasteiger partial charge is 0.303 e. The molecular weight excluding hydrogens is 332 g/mol. The van der Waals surface area contributed by atoms with Crippen LogP contribution in [0.3, 0.4) is 0 Å². The van der Waals surface area contributed by atoms with E-state index in [-0.39, 0.29) is 6.42 Å². The van der Waals surface area contributed by atoms with E-state index in [2.05, 4.69) is 4.74 Å². The zero-order valence-electron chi connectivity index (χ0n) is 15.7. The summed E-state index contributed by atoms with van der Waals surface area (Å²) in [5, 5.41) is 8.66. The normalized spacial score (nSPS) is 9.81. The van der Waals surface area contributed by atoms with Crippen molar-refractivity contribution in [3.63, 3.8) is 0 Å². The lowest BCUT2D eigenvalue weighted by Gasteiger charge is -2.08. The van der Waals surface area contributed by atoms with Gasteiger partial charge in [0.25, 0.3) is 0 Å². The van der Waals surface area contributed by atoms with Gasteiger partial charge in [0, 0.05) is 26.6 Å². The molecule has 0 fully saturated rings. The van der Waals surface area contributed by atoms with E-state index in [1.165, 1.54) is 0 Å². The third kappa shape index (κ3) is 9.08. The van der Waals surface area contributed by atoms with Gasteiger partial charge in [0.15, 0.2) is 0 Å². The molecular formula is C21H28O5. The van der Waals surface area contributed by atoms with E-state index in [0.29, 0.717) is 13.0 Å². The molecule has 1 N–H and O–H groups in total. The fourth-order valence-corrected chi connectivity index (χ4v) is 2.12. The zero-order chi connectivity index (χ0) is 19.2. The van der Waals surface area contributed by atoms with Crippen LogP contribution in [0.4, 0.5) is 0 Å². The number of carboxylic acids is 1. The molecule has 142 valence electrons. The van der Waals surface area contributed by atoms with Gasteiger partial charge in [-0.25, -0.2) is 0 Å². The van der Waals surface area contributed by atoms with Gasteiger partial charge in [0.2, 0.25) is 0 Å². The largest absolute Gasteiger partial charge is 0.497 e. The number of hydrogen-bond donors (Lipinski definition) is 1. The van der Waals surface area contributed by atoms with Crippen molar-refractivity contribution in [1.29, 1.82) is 0 Å². The first-order valence-corrected chi connectivity index (χ1v) is 8.64. The summed E-state index contributed by atoms with van der Waals surface area (Å²) in [7, 11) is 3.33. The Kier molecular flexibility index (Phi) is 10.6. The van der Waals surface area contributed by atoms with E-state index in [9.17, 15) is 4.79 Å². The van der Waals surface area contributed by atoms with Crippen LogP contribution in [0.5, 0.6) is 11.5 Å². The maximum atomic E-state index is 10.5. The Labute approximate surface area is 155 Å². The molecule has 5 nitrogen and oxygen atoms in total. The molecule has 0 spiro atoms. The molecule has 0 atom stereocenters. The van der Waals surface area contributed by atoms with Crippen molar-refractivity contribution < 1.29 is 24.1 Å². The van der Waals surface area contributed by atoms with Gasteiger partial charge in [-0.3, -0.25) is 4.79 Å². The van der Waals surface area contributed by atoms with E-state index >= 15 is 0 Å². The third-order valence-corrected chi connectivity index (χ3v) is 3.63. The van der Waals surface area contributed by atoms with Gasteiger partial charge in [-0.2, -0.15) is 0 Å². The molecule has 0 radical (unpaired) electrons. The van der Waals surface area contributed by atoms with Crippen LogP contribution in [0.2, 0.25) is 0 Å². The number of carboxylic acid groups (broad SMARTS) is 1. The van der Waals surface area contributed by atoms with E-state index in [0.717, 1.165) is 35.7 Å². The Balaban J connectivity index is 0.000000765. The predicted molar refractivity (Wildman–Crippen MR) is 102 cm³/mol. The maximum Gasteiger partial charge on any atom is 0.303 e. The number of ether oxygens (including phenoxy) is 3. The number of aryl methyl sites for hydroxylation is 1. The summed E-state index contributed by atoms with van der Waals surface area (Å²) in [5.41, 5.74) is 2.17. The molecule has 0 aliphatic heterocycles. The fraction of sp³-hybridized carbons (Fsp3) is 0.381. The van der Waals surface area contributed by atoms with Gasteiger partial charge in [-0.15, -0.1) is 0 Å². The van der Waals surface area contributed by atoms with Crippen molar-refractivity contribution in [3.05, 3.63) is 59.7 Å². The molecule has 0 aromatic heterocycles. The Morgan fingerprint density at radius 3 is 2.23 bits per heavy atom. The summed E-state index contributed by atoms with van der Waals surface area (Å²) in [6.07, 6.45) is 1.49. The van der Waals surface area contributed by atoms with Gasteiger partial charge in [-0.1, -0.05) is 24.3 Å². The zero-order valence-corrected chi connectivity index (χ0v) is 15.7. The third-order valence-electron chi connectivity index (χ3n) is 3.63. The minimum absolute atomic E-state index is 0.149. The van der Waals surface area contributed by atoms with Crippen molar-refractivity contribution >= 4 is 5.97 Å². The van der Waals surface area contributed by atoms with Crippen LogP contribution in [-0.4, -0.2) is 38.5 Å². The second kappa shape index (κ2) is 12.8. The molecule has 0 aliphatic carbocycles. The summed E-state index contributed by atoms with van der Waals surface area (Å²) < 4.78 is 15.4. The summed E-state index contributed by atoms with van der Waals surface area (Å²) in [4.78, 5) is 10.5. The van der Waals surface area contributed by atoms with Gasteiger partial charge in [-0.05, 0) is 48.7 Å². The number of aliphatic carboxylic acids is 1. The van der Waals surface area contributed by atoms with E-state index in [1.807, 2.05) is 55.5 Å². The molecule has 0 amide bonds. The minimum Gasteiger partial charge on any atom is -0.497 e. The van der Waals surface area contributed by atoms with Crippen LogP contribution in [0.15, 0.2) is 48.5 Å². The molecule has 2 aromatic carbocycles. The lowest BCUT2D eigenvalue weighted by molar-refractivity contribution is -0.136. The predicted octanol–water partition coefficient (Wildman–Crippen LogP) is 3.99. The van der Waals surface area contributed by atoms with Crippen molar-refractivity contribution in [3.8, 4) is 11.5 Å². The summed E-state index contributed by atoms with van der Waals surface area (Å²) in [5.74, 6) is 0.862. The topological polar surface area (TPSA) is 65.0 Å². The molecule has 0 aliphatic rings. The van der Waals surface area contributed by atoms with Crippen molar-refractivity contribution in [2.75, 3.05) is 27.4 Å². The standard InChI is InChI=1S/C18H20O4.C3H8O/c1-21-17-4-2-3-15(13-17)11-12-22-16-8-5-14(6-9-16)7-10-18(19)20;1-3-4-2/h2-6,8-9,13H,7,10-12H2,1H3,(H,19,20);3H2,1-2H3. The lowest BCUT2D eigenvalue weighted by Crippen LogP contribution is -2.02. The molecule has 5 heteroatoms. The highest BCUT2D eigenvalue weighted by molar-refractivity contribution is 5.67.